The smallest absolute Gasteiger partial charge is 0.376 e. The molecule has 0 aliphatic carbocycles. The highest BCUT2D eigenvalue weighted by atomic mass is 32.1. The summed E-state index contributed by atoms with van der Waals surface area (Å²) < 4.78 is 0. The van der Waals surface area contributed by atoms with E-state index >= 15 is 0 Å². The number of aliphatic carboxylic acids is 1. The average molecular weight is 228 g/mol. The molecule has 0 fully saturated rings. The van der Waals surface area contributed by atoms with E-state index in [2.05, 4.69) is 5.16 Å². The molecule has 80 valence electrons. The average Bonchev–Trinajstić information content (AvgIpc) is 2.64. The molecule has 0 unspecified atom stereocenters. The van der Waals surface area contributed by atoms with Crippen LogP contribution < -0.4 is 4.90 Å². The summed E-state index contributed by atoms with van der Waals surface area (Å²) in [6.45, 7) is 1.19. The van der Waals surface area contributed by atoms with Crippen LogP contribution in [0, 0.1) is 0 Å². The van der Waals surface area contributed by atoms with E-state index in [-0.39, 0.29) is 0 Å². The molecule has 1 heterocycles. The molecule has 0 aliphatic rings. The number of carbonyl (C=O) groups is 2. The molecule has 0 atom stereocenters. The van der Waals surface area contributed by atoms with Gasteiger partial charge in [0.05, 0.1) is 0 Å². The van der Waals surface area contributed by atoms with Gasteiger partial charge in [0, 0.05) is 6.92 Å². The molecule has 1 rings (SSSR count). The van der Waals surface area contributed by atoms with Crippen molar-refractivity contribution in [3.8, 4) is 0 Å². The van der Waals surface area contributed by atoms with Gasteiger partial charge in [0.1, 0.15) is 5.00 Å². The fourth-order valence-corrected chi connectivity index (χ4v) is 1.76. The Balaban J connectivity index is 3.14. The topological polar surface area (TPSA) is 90.2 Å². The first kappa shape index (κ1) is 11.2. The maximum absolute atomic E-state index is 11.2. The minimum absolute atomic E-state index is 0.387. The second-order valence-corrected chi connectivity index (χ2v) is 3.46. The quantitative estimate of drug-likeness (QED) is 0.324. The van der Waals surface area contributed by atoms with Crippen molar-refractivity contribution in [2.24, 2.45) is 5.16 Å². The Kier molecular flexibility index (Phi) is 3.40. The summed E-state index contributed by atoms with van der Waals surface area (Å²) in [7, 11) is 0. The van der Waals surface area contributed by atoms with Crippen LogP contribution in [0.3, 0.4) is 0 Å². The molecule has 1 amide bonds. The molecule has 0 saturated heterocycles. The maximum Gasteiger partial charge on any atom is 0.376 e. The number of thiophene rings is 1. The van der Waals surface area contributed by atoms with Crippen LogP contribution in [0.2, 0.25) is 0 Å². The van der Waals surface area contributed by atoms with Crippen molar-refractivity contribution in [1.29, 1.82) is 0 Å². The van der Waals surface area contributed by atoms with Crippen LogP contribution in [0.5, 0.6) is 0 Å². The Labute approximate surface area is 89.1 Å². The predicted molar refractivity (Wildman–Crippen MR) is 54.3 cm³/mol. The van der Waals surface area contributed by atoms with Crippen LogP contribution in [-0.4, -0.2) is 28.0 Å². The third kappa shape index (κ3) is 2.32. The third-order valence-electron chi connectivity index (χ3n) is 1.54. The summed E-state index contributed by atoms with van der Waals surface area (Å²) >= 11 is 1.17. The number of carbonyl (C=O) groups excluding carboxylic acids is 1. The van der Waals surface area contributed by atoms with Crippen LogP contribution >= 0.6 is 11.3 Å². The number of hydrogen-bond acceptors (Lipinski definition) is 5. The van der Waals surface area contributed by atoms with Crippen molar-refractivity contribution >= 4 is 34.0 Å². The van der Waals surface area contributed by atoms with Gasteiger partial charge in [0.2, 0.25) is 5.91 Å². The van der Waals surface area contributed by atoms with Gasteiger partial charge in [-0.15, -0.1) is 11.3 Å². The summed E-state index contributed by atoms with van der Waals surface area (Å²) in [6, 6.07) is 3.22. The number of anilines is 1. The zero-order valence-electron chi connectivity index (χ0n) is 7.75. The van der Waals surface area contributed by atoms with Gasteiger partial charge >= 0.3 is 5.97 Å². The van der Waals surface area contributed by atoms with Crippen LogP contribution in [0.1, 0.15) is 6.92 Å². The van der Waals surface area contributed by atoms with Crippen molar-refractivity contribution in [3.63, 3.8) is 0 Å². The van der Waals surface area contributed by atoms with E-state index in [0.717, 1.165) is 4.90 Å². The van der Waals surface area contributed by atoms with E-state index < -0.39 is 17.7 Å². The Bertz CT molecular complexity index is 399. The Morgan fingerprint density at radius 1 is 1.53 bits per heavy atom. The van der Waals surface area contributed by atoms with Crippen LogP contribution in [0.15, 0.2) is 22.7 Å². The first-order chi connectivity index (χ1) is 7.07. The summed E-state index contributed by atoms with van der Waals surface area (Å²) in [6.07, 6.45) is 0. The van der Waals surface area contributed by atoms with Gasteiger partial charge < -0.3 is 10.3 Å². The molecule has 0 aliphatic heterocycles. The molecule has 0 aromatic carbocycles. The number of carboxylic acid groups (broad SMARTS) is 1. The molecule has 2 N–H and O–H groups in total. The lowest BCUT2D eigenvalue weighted by Crippen LogP contribution is -2.39. The van der Waals surface area contributed by atoms with Crippen molar-refractivity contribution < 1.29 is 19.9 Å². The van der Waals surface area contributed by atoms with Crippen molar-refractivity contribution in [2.45, 2.75) is 6.92 Å². The van der Waals surface area contributed by atoms with E-state index in [9.17, 15) is 9.59 Å². The van der Waals surface area contributed by atoms with Gasteiger partial charge in [0.25, 0.3) is 5.84 Å². The van der Waals surface area contributed by atoms with Crippen LogP contribution in [0.25, 0.3) is 0 Å². The van der Waals surface area contributed by atoms with E-state index in [4.69, 9.17) is 10.3 Å². The van der Waals surface area contributed by atoms with Crippen LogP contribution in [-0.2, 0) is 9.59 Å². The summed E-state index contributed by atoms with van der Waals surface area (Å²) in [4.78, 5) is 22.7. The lowest BCUT2D eigenvalue weighted by atomic mass is 10.4. The number of nitrogens with zero attached hydrogens (tertiary/aromatic N) is 2. The van der Waals surface area contributed by atoms with Gasteiger partial charge in [0.15, 0.2) is 0 Å². The number of oxime groups is 1. The maximum atomic E-state index is 11.2. The normalized spacial score (nSPS) is 11.1. The Morgan fingerprint density at radius 3 is 2.53 bits per heavy atom. The minimum Gasteiger partial charge on any atom is -0.475 e. The van der Waals surface area contributed by atoms with Gasteiger partial charge in [-0.3, -0.25) is 4.79 Å². The molecule has 0 spiro atoms. The number of amides is 1. The molecular formula is C8H8N2O4S. The highest BCUT2D eigenvalue weighted by Gasteiger charge is 2.25. The lowest BCUT2D eigenvalue weighted by Gasteiger charge is -2.16. The first-order valence-corrected chi connectivity index (χ1v) is 4.75. The fourth-order valence-electron chi connectivity index (χ4n) is 0.989. The van der Waals surface area contributed by atoms with Crippen molar-refractivity contribution in [2.75, 3.05) is 4.90 Å². The molecule has 7 heteroatoms. The Hall–Kier alpha value is -1.89. The fraction of sp³-hybridized carbons (Fsp3) is 0.125. The van der Waals surface area contributed by atoms with E-state index in [1.807, 2.05) is 0 Å². The SMILES string of the molecule is CC(=O)N(C(=NO)C(=O)O)c1cccs1. The zero-order chi connectivity index (χ0) is 11.4. The lowest BCUT2D eigenvalue weighted by molar-refractivity contribution is -0.130. The minimum atomic E-state index is -1.47. The largest absolute Gasteiger partial charge is 0.475 e. The molecule has 0 radical (unpaired) electrons. The second-order valence-electron chi connectivity index (χ2n) is 2.53. The van der Waals surface area contributed by atoms with Crippen molar-refractivity contribution in [3.05, 3.63) is 17.5 Å². The summed E-state index contributed by atoms with van der Waals surface area (Å²) in [5.74, 6) is -2.72. The van der Waals surface area contributed by atoms with Gasteiger partial charge in [-0.05, 0) is 17.5 Å². The number of carboxylic acids is 1. The van der Waals surface area contributed by atoms with E-state index in [1.54, 1.807) is 17.5 Å². The van der Waals surface area contributed by atoms with Crippen LogP contribution in [0.4, 0.5) is 5.00 Å². The van der Waals surface area contributed by atoms with E-state index in [0.29, 0.717) is 5.00 Å². The second kappa shape index (κ2) is 4.56. The number of amidine groups is 1. The highest BCUT2D eigenvalue weighted by molar-refractivity contribution is 7.14. The third-order valence-corrected chi connectivity index (χ3v) is 2.39. The number of rotatable bonds is 1. The molecule has 1 aromatic heterocycles. The zero-order valence-corrected chi connectivity index (χ0v) is 8.56. The molecule has 1 aromatic rings. The summed E-state index contributed by atoms with van der Waals surface area (Å²) in [5.41, 5.74) is 0. The molecule has 0 bridgehead atoms. The monoisotopic (exact) mass is 228 g/mol. The predicted octanol–water partition coefficient (Wildman–Crippen LogP) is 0.973. The van der Waals surface area contributed by atoms with E-state index in [1.165, 1.54) is 18.3 Å². The standard InChI is InChI=1S/C8H8N2O4S/c1-5(11)10(6-3-2-4-15-6)7(9-14)8(12)13/h2-4,14H,1H3,(H,12,13). The molecule has 6 nitrogen and oxygen atoms in total. The molecule has 15 heavy (non-hydrogen) atoms. The molecule has 0 saturated carbocycles. The van der Waals surface area contributed by atoms with Gasteiger partial charge in [-0.1, -0.05) is 5.16 Å². The van der Waals surface area contributed by atoms with Gasteiger partial charge in [-0.2, -0.15) is 0 Å². The van der Waals surface area contributed by atoms with Crippen molar-refractivity contribution in [1.82, 2.24) is 0 Å². The van der Waals surface area contributed by atoms with Gasteiger partial charge in [-0.25, -0.2) is 9.69 Å². The highest BCUT2D eigenvalue weighted by Crippen LogP contribution is 2.21. The summed E-state index contributed by atoms with van der Waals surface area (Å²) in [5, 5.41) is 21.9. The number of hydrogen-bond donors (Lipinski definition) is 2. The molecular weight excluding hydrogens is 220 g/mol. The first-order valence-electron chi connectivity index (χ1n) is 3.87. The Morgan fingerprint density at radius 2 is 2.20 bits per heavy atom.